The number of carbonyl (C=O) groups is 1. The van der Waals surface area contributed by atoms with Gasteiger partial charge in [0.15, 0.2) is 0 Å². The Balaban J connectivity index is 1.51. The first-order valence-corrected chi connectivity index (χ1v) is 8.01. The van der Waals surface area contributed by atoms with Crippen molar-refractivity contribution in [3.05, 3.63) is 23.9 Å². The molecule has 132 valence electrons. The van der Waals surface area contributed by atoms with Crippen molar-refractivity contribution in [1.29, 1.82) is 0 Å². The molecule has 24 heavy (non-hydrogen) atoms. The quantitative estimate of drug-likeness (QED) is 0.843. The van der Waals surface area contributed by atoms with E-state index in [4.69, 9.17) is 4.74 Å². The van der Waals surface area contributed by atoms with Crippen molar-refractivity contribution < 1.29 is 22.7 Å². The molecule has 2 fully saturated rings. The fourth-order valence-electron chi connectivity index (χ4n) is 3.13. The number of amides is 1. The zero-order chi connectivity index (χ0) is 17.3. The predicted molar refractivity (Wildman–Crippen MR) is 80.5 cm³/mol. The largest absolute Gasteiger partial charge is 0.471 e. The summed E-state index contributed by atoms with van der Waals surface area (Å²) in [5.74, 6) is 0.0640. The molecule has 0 saturated carbocycles. The molecule has 3 rings (SSSR count). The number of hydrogen-bond donors (Lipinski definition) is 0. The highest BCUT2D eigenvalue weighted by molar-refractivity contribution is 5.80. The fourth-order valence-corrected chi connectivity index (χ4v) is 3.13. The van der Waals surface area contributed by atoms with Crippen LogP contribution in [0.15, 0.2) is 18.2 Å². The number of piperidine rings is 1. The molecule has 1 amide bonds. The van der Waals surface area contributed by atoms with Gasteiger partial charge in [-0.05, 0) is 32.5 Å². The summed E-state index contributed by atoms with van der Waals surface area (Å²) in [6.45, 7) is 2.57. The van der Waals surface area contributed by atoms with Crippen molar-refractivity contribution in [2.45, 2.75) is 25.1 Å². The first kappa shape index (κ1) is 17.0. The highest BCUT2D eigenvalue weighted by Crippen LogP contribution is 2.29. The molecule has 1 unspecified atom stereocenters. The minimum atomic E-state index is -4.49. The smallest absolute Gasteiger partial charge is 0.433 e. The monoisotopic (exact) mass is 343 g/mol. The molecule has 2 saturated heterocycles. The maximum Gasteiger partial charge on any atom is 0.433 e. The van der Waals surface area contributed by atoms with Gasteiger partial charge in [0, 0.05) is 12.6 Å². The lowest BCUT2D eigenvalue weighted by atomic mass is 9.95. The number of hydrogen-bond acceptors (Lipinski definition) is 4. The van der Waals surface area contributed by atoms with Crippen LogP contribution in [0.1, 0.15) is 18.5 Å². The van der Waals surface area contributed by atoms with Crippen LogP contribution in [0.2, 0.25) is 0 Å². The van der Waals surface area contributed by atoms with Crippen LogP contribution in [0, 0.1) is 5.92 Å². The summed E-state index contributed by atoms with van der Waals surface area (Å²) >= 11 is 0. The zero-order valence-corrected chi connectivity index (χ0v) is 13.4. The summed E-state index contributed by atoms with van der Waals surface area (Å²) < 4.78 is 43.4. The Morgan fingerprint density at radius 1 is 1.29 bits per heavy atom. The van der Waals surface area contributed by atoms with Gasteiger partial charge in [-0.1, -0.05) is 6.07 Å². The Kier molecular flexibility index (Phi) is 4.67. The minimum absolute atomic E-state index is 0.0105. The lowest BCUT2D eigenvalue weighted by molar-refractivity contribution is -0.146. The molecule has 1 atom stereocenters. The number of likely N-dealkylation sites (tertiary alicyclic amines) is 2. The van der Waals surface area contributed by atoms with Crippen LogP contribution < -0.4 is 4.74 Å². The number of halogens is 3. The lowest BCUT2D eigenvalue weighted by Crippen LogP contribution is -2.58. The van der Waals surface area contributed by atoms with Gasteiger partial charge >= 0.3 is 6.18 Å². The Morgan fingerprint density at radius 2 is 2.04 bits per heavy atom. The average Bonchev–Trinajstić information content (AvgIpc) is 2.49. The topological polar surface area (TPSA) is 45.7 Å². The third kappa shape index (κ3) is 3.80. The van der Waals surface area contributed by atoms with Gasteiger partial charge in [0.25, 0.3) is 0 Å². The molecule has 0 bridgehead atoms. The van der Waals surface area contributed by atoms with E-state index in [2.05, 4.69) is 9.88 Å². The molecule has 0 N–H and O–H groups in total. The first-order valence-electron chi connectivity index (χ1n) is 8.01. The van der Waals surface area contributed by atoms with Crippen LogP contribution in [0.25, 0.3) is 0 Å². The maximum atomic E-state index is 12.6. The molecule has 8 heteroatoms. The molecule has 2 aliphatic heterocycles. The molecule has 2 aliphatic rings. The molecule has 0 radical (unpaired) electrons. The minimum Gasteiger partial charge on any atom is -0.471 e. The van der Waals surface area contributed by atoms with Gasteiger partial charge in [-0.2, -0.15) is 13.2 Å². The van der Waals surface area contributed by atoms with Gasteiger partial charge in [-0.15, -0.1) is 0 Å². The molecule has 0 aromatic carbocycles. The SMILES string of the molecule is CN1CCCC(C(=O)N2CC(Oc3cccc(C(F)(F)F)n3)C2)C1. The number of ether oxygens (including phenoxy) is 1. The molecule has 0 spiro atoms. The van der Waals surface area contributed by atoms with Crippen molar-refractivity contribution in [3.63, 3.8) is 0 Å². The van der Waals surface area contributed by atoms with Crippen LogP contribution >= 0.6 is 0 Å². The van der Waals surface area contributed by atoms with Crippen molar-refractivity contribution in [2.75, 3.05) is 33.2 Å². The fraction of sp³-hybridized carbons (Fsp3) is 0.625. The van der Waals surface area contributed by atoms with E-state index < -0.39 is 11.9 Å². The lowest BCUT2D eigenvalue weighted by Gasteiger charge is -2.41. The van der Waals surface area contributed by atoms with Crippen molar-refractivity contribution in [3.8, 4) is 5.88 Å². The number of alkyl halides is 3. The van der Waals surface area contributed by atoms with Gasteiger partial charge in [0.2, 0.25) is 11.8 Å². The van der Waals surface area contributed by atoms with Crippen LogP contribution in [0.5, 0.6) is 5.88 Å². The van der Waals surface area contributed by atoms with E-state index in [0.29, 0.717) is 13.1 Å². The molecule has 1 aromatic rings. The second kappa shape index (κ2) is 6.58. The van der Waals surface area contributed by atoms with E-state index in [9.17, 15) is 18.0 Å². The standard InChI is InChI=1S/C16H20F3N3O2/c1-21-7-3-4-11(8-21)15(23)22-9-12(10-22)24-14-6-2-5-13(20-14)16(17,18)19/h2,5-6,11-12H,3-4,7-10H2,1H3. The van der Waals surface area contributed by atoms with E-state index in [-0.39, 0.29) is 23.8 Å². The highest BCUT2D eigenvalue weighted by atomic mass is 19.4. The van der Waals surface area contributed by atoms with Crippen molar-refractivity contribution in [2.24, 2.45) is 5.92 Å². The van der Waals surface area contributed by atoms with Crippen LogP contribution in [0.4, 0.5) is 13.2 Å². The summed E-state index contributed by atoms with van der Waals surface area (Å²) in [5, 5.41) is 0. The second-order valence-electron chi connectivity index (χ2n) is 6.44. The van der Waals surface area contributed by atoms with Gasteiger partial charge in [-0.3, -0.25) is 4.79 Å². The summed E-state index contributed by atoms with van der Waals surface area (Å²) in [5.41, 5.74) is -0.975. The van der Waals surface area contributed by atoms with E-state index in [1.54, 1.807) is 4.90 Å². The van der Waals surface area contributed by atoms with E-state index in [1.165, 1.54) is 12.1 Å². The van der Waals surface area contributed by atoms with Crippen LogP contribution in [0.3, 0.4) is 0 Å². The molecule has 0 aliphatic carbocycles. The number of rotatable bonds is 3. The van der Waals surface area contributed by atoms with Gasteiger partial charge in [0.05, 0.1) is 19.0 Å². The van der Waals surface area contributed by atoms with Crippen LogP contribution in [-0.4, -0.2) is 60.0 Å². The van der Waals surface area contributed by atoms with Gasteiger partial charge < -0.3 is 14.5 Å². The molecular weight excluding hydrogens is 323 g/mol. The summed E-state index contributed by atoms with van der Waals surface area (Å²) in [4.78, 5) is 19.7. The molecule has 1 aromatic heterocycles. The highest BCUT2D eigenvalue weighted by Gasteiger charge is 2.37. The average molecular weight is 343 g/mol. The number of pyridine rings is 1. The van der Waals surface area contributed by atoms with Crippen LogP contribution in [-0.2, 0) is 11.0 Å². The maximum absolute atomic E-state index is 12.6. The number of carbonyl (C=O) groups excluding carboxylic acids is 1. The molecule has 3 heterocycles. The number of nitrogens with zero attached hydrogens (tertiary/aromatic N) is 3. The van der Waals surface area contributed by atoms with Gasteiger partial charge in [0.1, 0.15) is 11.8 Å². The van der Waals surface area contributed by atoms with E-state index in [1.807, 2.05) is 7.05 Å². The second-order valence-corrected chi connectivity index (χ2v) is 6.44. The normalized spacial score (nSPS) is 23.0. The molecular formula is C16H20F3N3O2. The third-order valence-corrected chi connectivity index (χ3v) is 4.43. The summed E-state index contributed by atoms with van der Waals surface area (Å²) in [7, 11) is 2.00. The Morgan fingerprint density at radius 3 is 2.71 bits per heavy atom. The Hall–Kier alpha value is -1.83. The van der Waals surface area contributed by atoms with Crippen molar-refractivity contribution >= 4 is 5.91 Å². The van der Waals surface area contributed by atoms with Gasteiger partial charge in [-0.25, -0.2) is 4.98 Å². The zero-order valence-electron chi connectivity index (χ0n) is 13.4. The molecule has 5 nitrogen and oxygen atoms in total. The third-order valence-electron chi connectivity index (χ3n) is 4.43. The van der Waals surface area contributed by atoms with E-state index in [0.717, 1.165) is 32.0 Å². The first-order chi connectivity index (χ1) is 11.3. The predicted octanol–water partition coefficient (Wildman–Crippen LogP) is 2.03. The Bertz CT molecular complexity index is 602. The van der Waals surface area contributed by atoms with Crippen molar-refractivity contribution in [1.82, 2.24) is 14.8 Å². The number of aromatic nitrogens is 1. The Labute approximate surface area is 138 Å². The summed E-state index contributed by atoms with van der Waals surface area (Å²) in [6.07, 6.45) is -2.89. The van der Waals surface area contributed by atoms with E-state index >= 15 is 0 Å². The summed E-state index contributed by atoms with van der Waals surface area (Å²) in [6, 6.07) is 3.57.